The molecule has 1 aromatic heterocycles. The Bertz CT molecular complexity index is 953. The van der Waals surface area contributed by atoms with E-state index in [9.17, 15) is 17.4 Å². The first-order valence-electron chi connectivity index (χ1n) is 10.3. The molecule has 164 valence electrons. The molecule has 1 aliphatic carbocycles. The molecular formula is C23H29F3N2OS. The van der Waals surface area contributed by atoms with Gasteiger partial charge in [-0.1, -0.05) is 27.2 Å². The lowest BCUT2D eigenvalue weighted by Gasteiger charge is -2.24. The third-order valence-electron chi connectivity index (χ3n) is 4.82. The van der Waals surface area contributed by atoms with Crippen molar-refractivity contribution < 1.29 is 17.4 Å². The maximum Gasteiger partial charge on any atom is 0.150 e. The predicted octanol–water partition coefficient (Wildman–Crippen LogP) is 6.34. The van der Waals surface area contributed by atoms with Crippen LogP contribution in [0.3, 0.4) is 0 Å². The number of fused-ring (bicyclic) bond motifs is 1. The standard InChI is InChI=1S/C14H8F3N.C7H15NOS.C2H6/c15-10-3-1-8(2-4-10)13-6-9-5-11(16)7-12(17)14(9)18-13;1-2-10(9)8-6-7-4-3-5-7;1-2/h1-7,18H;7-8H,2-6H2,1H3;1-2H3. The molecule has 0 aliphatic heterocycles. The Morgan fingerprint density at radius 1 is 1.03 bits per heavy atom. The molecule has 0 bridgehead atoms. The van der Waals surface area contributed by atoms with Crippen LogP contribution < -0.4 is 4.72 Å². The number of rotatable bonds is 5. The van der Waals surface area contributed by atoms with Crippen LogP contribution in [0.2, 0.25) is 0 Å². The first kappa shape index (κ1) is 24.2. The number of nitrogens with one attached hydrogen (secondary N) is 2. The zero-order valence-corrected chi connectivity index (χ0v) is 18.4. The highest BCUT2D eigenvalue weighted by Gasteiger charge is 2.17. The van der Waals surface area contributed by atoms with Crippen molar-refractivity contribution in [3.05, 3.63) is 59.9 Å². The monoisotopic (exact) mass is 438 g/mol. The molecule has 7 heteroatoms. The Balaban J connectivity index is 0.000000228. The van der Waals surface area contributed by atoms with Gasteiger partial charge in [-0.05, 0) is 60.7 Å². The Kier molecular flexibility index (Phi) is 9.59. The highest BCUT2D eigenvalue weighted by atomic mass is 32.2. The van der Waals surface area contributed by atoms with Crippen LogP contribution >= 0.6 is 0 Å². The van der Waals surface area contributed by atoms with E-state index in [0.717, 1.165) is 24.3 Å². The SMILES string of the molecule is CC.CCS(=O)NCC1CCC1.Fc1ccc(-c2cc3cc(F)cc(F)c3[nH]2)cc1. The van der Waals surface area contributed by atoms with Gasteiger partial charge in [0.05, 0.1) is 16.5 Å². The Labute approximate surface area is 178 Å². The first-order chi connectivity index (χ1) is 14.5. The van der Waals surface area contributed by atoms with Crippen molar-refractivity contribution in [2.24, 2.45) is 5.92 Å². The van der Waals surface area contributed by atoms with Gasteiger partial charge in [0, 0.05) is 29.4 Å². The molecule has 3 nitrogen and oxygen atoms in total. The van der Waals surface area contributed by atoms with Gasteiger partial charge in [-0.2, -0.15) is 0 Å². The van der Waals surface area contributed by atoms with Gasteiger partial charge >= 0.3 is 0 Å². The minimum atomic E-state index is -0.765. The molecule has 0 amide bonds. The predicted molar refractivity (Wildman–Crippen MR) is 119 cm³/mol. The van der Waals surface area contributed by atoms with Crippen LogP contribution in [0, 0.1) is 23.4 Å². The third kappa shape index (κ3) is 6.71. The number of aromatic nitrogens is 1. The zero-order valence-electron chi connectivity index (χ0n) is 17.6. The van der Waals surface area contributed by atoms with Crippen molar-refractivity contribution in [3.8, 4) is 11.3 Å². The van der Waals surface area contributed by atoms with E-state index in [4.69, 9.17) is 0 Å². The number of benzene rings is 2. The number of hydrogen-bond donors (Lipinski definition) is 2. The van der Waals surface area contributed by atoms with E-state index in [0.29, 0.717) is 16.6 Å². The van der Waals surface area contributed by atoms with Crippen molar-refractivity contribution in [2.75, 3.05) is 12.3 Å². The number of halogens is 3. The molecule has 1 saturated carbocycles. The molecule has 0 radical (unpaired) electrons. The molecule has 1 fully saturated rings. The van der Waals surface area contributed by atoms with Crippen molar-refractivity contribution in [1.82, 2.24) is 9.71 Å². The zero-order chi connectivity index (χ0) is 22.1. The van der Waals surface area contributed by atoms with Crippen molar-refractivity contribution in [3.63, 3.8) is 0 Å². The van der Waals surface area contributed by atoms with Gasteiger partial charge in [0.1, 0.15) is 17.5 Å². The van der Waals surface area contributed by atoms with E-state index < -0.39 is 22.6 Å². The maximum atomic E-state index is 13.5. The fourth-order valence-electron chi connectivity index (χ4n) is 2.96. The van der Waals surface area contributed by atoms with Gasteiger partial charge in [-0.15, -0.1) is 0 Å². The third-order valence-corrected chi connectivity index (χ3v) is 5.83. The first-order valence-corrected chi connectivity index (χ1v) is 11.6. The minimum Gasteiger partial charge on any atom is -0.352 e. The van der Waals surface area contributed by atoms with Gasteiger partial charge in [-0.25, -0.2) is 22.1 Å². The Morgan fingerprint density at radius 3 is 2.27 bits per heavy atom. The summed E-state index contributed by atoms with van der Waals surface area (Å²) in [6, 6.07) is 9.50. The van der Waals surface area contributed by atoms with Gasteiger partial charge in [0.15, 0.2) is 0 Å². The van der Waals surface area contributed by atoms with Gasteiger partial charge in [-0.3, -0.25) is 0 Å². The molecule has 0 saturated heterocycles. The molecule has 1 heterocycles. The van der Waals surface area contributed by atoms with Crippen LogP contribution in [-0.2, 0) is 11.0 Å². The summed E-state index contributed by atoms with van der Waals surface area (Å²) < 4.78 is 53.2. The second-order valence-electron chi connectivity index (χ2n) is 6.82. The fourth-order valence-corrected chi connectivity index (χ4v) is 3.59. The summed E-state index contributed by atoms with van der Waals surface area (Å²) >= 11 is 0. The largest absolute Gasteiger partial charge is 0.352 e. The smallest absolute Gasteiger partial charge is 0.150 e. The van der Waals surface area contributed by atoms with Crippen molar-refractivity contribution in [1.29, 1.82) is 0 Å². The van der Waals surface area contributed by atoms with E-state index >= 15 is 0 Å². The summed E-state index contributed by atoms with van der Waals surface area (Å²) in [5.41, 5.74) is 1.58. The summed E-state index contributed by atoms with van der Waals surface area (Å²) in [6.45, 7) is 6.89. The molecule has 4 rings (SSSR count). The molecular weight excluding hydrogens is 409 g/mol. The summed E-state index contributed by atoms with van der Waals surface area (Å²) in [4.78, 5) is 2.86. The average molecular weight is 439 g/mol. The van der Waals surface area contributed by atoms with E-state index in [1.807, 2.05) is 20.8 Å². The number of hydrogen-bond acceptors (Lipinski definition) is 1. The van der Waals surface area contributed by atoms with Gasteiger partial charge < -0.3 is 4.98 Å². The molecule has 3 aromatic rings. The molecule has 1 aliphatic rings. The number of H-pyrrole nitrogens is 1. The molecule has 2 N–H and O–H groups in total. The van der Waals surface area contributed by atoms with Crippen LogP contribution in [0.1, 0.15) is 40.0 Å². The molecule has 1 atom stereocenters. The second kappa shape index (κ2) is 11.9. The lowest BCUT2D eigenvalue weighted by Crippen LogP contribution is -2.29. The minimum absolute atomic E-state index is 0.246. The molecule has 0 spiro atoms. The molecule has 1 unspecified atom stereocenters. The Morgan fingerprint density at radius 2 is 1.70 bits per heavy atom. The lowest BCUT2D eigenvalue weighted by molar-refractivity contribution is 0.318. The summed E-state index contributed by atoms with van der Waals surface area (Å²) in [7, 11) is -0.765. The quantitative estimate of drug-likeness (QED) is 0.480. The van der Waals surface area contributed by atoms with Crippen LogP contribution in [0.4, 0.5) is 13.2 Å². The normalized spacial score (nSPS) is 14.2. The summed E-state index contributed by atoms with van der Waals surface area (Å²) in [5, 5.41) is 0.451. The Hall–Kier alpha value is -2.12. The van der Waals surface area contributed by atoms with Crippen LogP contribution in [0.5, 0.6) is 0 Å². The highest BCUT2D eigenvalue weighted by molar-refractivity contribution is 7.82. The van der Waals surface area contributed by atoms with E-state index in [-0.39, 0.29) is 11.3 Å². The van der Waals surface area contributed by atoms with Crippen molar-refractivity contribution >= 4 is 21.9 Å². The molecule has 30 heavy (non-hydrogen) atoms. The van der Waals surface area contributed by atoms with Crippen LogP contribution in [0.15, 0.2) is 42.5 Å². The second-order valence-corrected chi connectivity index (χ2v) is 8.38. The van der Waals surface area contributed by atoms with E-state index in [2.05, 4.69) is 9.71 Å². The average Bonchev–Trinajstić information content (AvgIpc) is 3.13. The lowest BCUT2D eigenvalue weighted by atomic mass is 9.86. The molecule has 2 aromatic carbocycles. The van der Waals surface area contributed by atoms with Crippen LogP contribution in [-0.4, -0.2) is 21.5 Å². The van der Waals surface area contributed by atoms with Crippen LogP contribution in [0.25, 0.3) is 22.2 Å². The maximum absolute atomic E-state index is 13.5. The summed E-state index contributed by atoms with van der Waals surface area (Å²) in [6.07, 6.45) is 4.02. The van der Waals surface area contributed by atoms with Crippen molar-refractivity contribution in [2.45, 2.75) is 40.0 Å². The van der Waals surface area contributed by atoms with Gasteiger partial charge in [0.25, 0.3) is 0 Å². The fraction of sp³-hybridized carbons (Fsp3) is 0.391. The highest BCUT2D eigenvalue weighted by Crippen LogP contribution is 2.27. The van der Waals surface area contributed by atoms with Gasteiger partial charge in [0.2, 0.25) is 0 Å². The number of aromatic amines is 1. The van der Waals surface area contributed by atoms with E-state index in [1.165, 1.54) is 37.5 Å². The van der Waals surface area contributed by atoms with E-state index in [1.54, 1.807) is 18.2 Å². The summed E-state index contributed by atoms with van der Waals surface area (Å²) in [5.74, 6) is -0.0576. The topological polar surface area (TPSA) is 44.9 Å².